The van der Waals surface area contributed by atoms with Gasteiger partial charge in [-0.05, 0) is 50.7 Å². The molecule has 2 N–H and O–H groups in total. The third kappa shape index (κ3) is 7.57. The average Bonchev–Trinajstić information content (AvgIpc) is 3.20. The van der Waals surface area contributed by atoms with Gasteiger partial charge in [0.15, 0.2) is 5.69 Å². The number of benzene rings is 1. The van der Waals surface area contributed by atoms with Gasteiger partial charge in [0.05, 0.1) is 42.1 Å². The lowest BCUT2D eigenvalue weighted by Crippen LogP contribution is -2.34. The fourth-order valence-corrected chi connectivity index (χ4v) is 6.00. The molecule has 214 valence electrons. The molecule has 0 aliphatic heterocycles. The Labute approximate surface area is 230 Å². The molecule has 9 nitrogen and oxygen atoms in total. The molecule has 3 rings (SSSR count). The van der Waals surface area contributed by atoms with Crippen LogP contribution < -0.4 is 15.4 Å². The van der Waals surface area contributed by atoms with Gasteiger partial charge in [-0.15, -0.1) is 0 Å². The van der Waals surface area contributed by atoms with Crippen LogP contribution in [0.2, 0.25) is 5.02 Å². The number of anilines is 1. The van der Waals surface area contributed by atoms with Gasteiger partial charge < -0.3 is 15.4 Å². The zero-order valence-corrected chi connectivity index (χ0v) is 23.4. The summed E-state index contributed by atoms with van der Waals surface area (Å²) in [5.41, 5.74) is 0.780. The van der Waals surface area contributed by atoms with Crippen molar-refractivity contribution in [3.05, 3.63) is 28.9 Å². The first-order valence-electron chi connectivity index (χ1n) is 12.4. The van der Waals surface area contributed by atoms with E-state index in [0.29, 0.717) is 37.8 Å². The number of nitrogens with one attached hydrogen (secondary N) is 2. The second-order valence-corrected chi connectivity index (χ2v) is 12.4. The first-order valence-corrected chi connectivity index (χ1v) is 14.7. The molecule has 1 aliphatic carbocycles. The van der Waals surface area contributed by atoms with Crippen LogP contribution in [0.1, 0.15) is 49.5 Å². The Morgan fingerprint density at radius 3 is 2.54 bits per heavy atom. The molecule has 39 heavy (non-hydrogen) atoms. The number of alkyl halides is 3. The minimum absolute atomic E-state index is 0.00823. The highest BCUT2D eigenvalue weighted by molar-refractivity contribution is 7.91. The summed E-state index contributed by atoms with van der Waals surface area (Å²) in [7, 11) is -1.74. The van der Waals surface area contributed by atoms with E-state index in [1.165, 1.54) is 36.2 Å². The van der Waals surface area contributed by atoms with E-state index in [2.05, 4.69) is 15.7 Å². The lowest BCUT2D eigenvalue weighted by molar-refractivity contribution is -0.138. The number of aryl methyl sites for hydroxylation is 1. The number of hydrogen-bond acceptors (Lipinski definition) is 7. The van der Waals surface area contributed by atoms with E-state index in [9.17, 15) is 26.4 Å². The van der Waals surface area contributed by atoms with Crippen molar-refractivity contribution < 1.29 is 31.1 Å². The van der Waals surface area contributed by atoms with Gasteiger partial charge in [0.1, 0.15) is 21.6 Å². The molecular weight excluding hydrogens is 559 g/mol. The van der Waals surface area contributed by atoms with E-state index in [4.69, 9.17) is 21.6 Å². The summed E-state index contributed by atoms with van der Waals surface area (Å²) in [4.78, 5) is 13.0. The molecule has 0 saturated heterocycles. The van der Waals surface area contributed by atoms with Crippen LogP contribution in [0.5, 0.6) is 5.75 Å². The predicted molar refractivity (Wildman–Crippen MR) is 142 cm³/mol. The minimum atomic E-state index is -4.44. The number of aromatic nitrogens is 2. The molecule has 1 aliphatic rings. The molecule has 2 aromatic rings. The zero-order valence-electron chi connectivity index (χ0n) is 21.8. The summed E-state index contributed by atoms with van der Waals surface area (Å²) in [6, 6.07) is 4.55. The van der Waals surface area contributed by atoms with Crippen LogP contribution in [-0.4, -0.2) is 61.5 Å². The van der Waals surface area contributed by atoms with Crippen LogP contribution in [0.3, 0.4) is 0 Å². The maximum Gasteiger partial charge on any atom is 0.408 e. The van der Waals surface area contributed by atoms with E-state index in [1.54, 1.807) is 0 Å². The molecule has 1 aromatic heterocycles. The molecule has 1 atom stereocenters. The molecular formula is C25H31ClF3N5O4S. The number of ether oxygens (including phenoxy) is 1. The second kappa shape index (κ2) is 12.5. The van der Waals surface area contributed by atoms with E-state index in [1.807, 2.05) is 6.07 Å². The van der Waals surface area contributed by atoms with Gasteiger partial charge >= 0.3 is 6.18 Å². The number of nitriles is 1. The van der Waals surface area contributed by atoms with Gasteiger partial charge in [0, 0.05) is 30.1 Å². The van der Waals surface area contributed by atoms with Crippen molar-refractivity contribution in [2.75, 3.05) is 25.2 Å². The molecule has 0 unspecified atom stereocenters. The number of rotatable bonds is 10. The summed E-state index contributed by atoms with van der Waals surface area (Å²) < 4.78 is 69.4. The van der Waals surface area contributed by atoms with Crippen molar-refractivity contribution >= 4 is 33.0 Å². The Bertz CT molecular complexity index is 1330. The van der Waals surface area contributed by atoms with Crippen molar-refractivity contribution in [1.82, 2.24) is 15.1 Å². The highest BCUT2D eigenvalue weighted by Crippen LogP contribution is 2.39. The molecule has 1 amide bonds. The van der Waals surface area contributed by atoms with Gasteiger partial charge in [0.25, 0.3) is 5.91 Å². The summed E-state index contributed by atoms with van der Waals surface area (Å²) >= 11 is 6.63. The van der Waals surface area contributed by atoms with Crippen molar-refractivity contribution in [3.63, 3.8) is 0 Å². The molecule has 0 bridgehead atoms. The Morgan fingerprint density at radius 2 is 1.97 bits per heavy atom. The highest BCUT2D eigenvalue weighted by atomic mass is 35.5. The van der Waals surface area contributed by atoms with Gasteiger partial charge in [-0.3, -0.25) is 9.48 Å². The van der Waals surface area contributed by atoms with Gasteiger partial charge in [-0.2, -0.15) is 23.5 Å². The monoisotopic (exact) mass is 589 g/mol. The number of nitrogens with zero attached hydrogens (tertiary/aromatic N) is 3. The van der Waals surface area contributed by atoms with Crippen LogP contribution in [-0.2, 0) is 16.4 Å². The standard InChI is InChI=1S/C25H31ClF3N5O4S/c1-15(25(27,28)29)32-17-7-10-19(20(13-17)38-2)23-21(26)22(33-34(23)12-4-11-30)24(35)31-14-16-5-8-18(9-6-16)39(3,36)37/h7,10,13,15-16,18,32H,4-6,8-9,12,14H2,1-3H3,(H,31,35)/t15-,16-,18+/m1/s1. The van der Waals surface area contributed by atoms with Gasteiger partial charge in [0.2, 0.25) is 0 Å². The summed E-state index contributed by atoms with van der Waals surface area (Å²) in [6.07, 6.45) is -0.722. The zero-order chi connectivity index (χ0) is 29.0. The number of carbonyl (C=O) groups excluding carboxylic acids is 1. The molecule has 0 spiro atoms. The Hall–Kier alpha value is -2.98. The summed E-state index contributed by atoms with van der Waals surface area (Å²) in [5.74, 6) is -0.215. The minimum Gasteiger partial charge on any atom is -0.496 e. The van der Waals surface area contributed by atoms with Crippen molar-refractivity contribution in [2.24, 2.45) is 5.92 Å². The molecule has 1 saturated carbocycles. The Balaban J connectivity index is 1.83. The van der Waals surface area contributed by atoms with E-state index >= 15 is 0 Å². The normalized spacial score (nSPS) is 18.7. The van der Waals surface area contributed by atoms with Crippen LogP contribution >= 0.6 is 11.6 Å². The fraction of sp³-hybridized carbons (Fsp3) is 0.560. The first-order chi connectivity index (χ1) is 18.3. The van der Waals surface area contributed by atoms with E-state index < -0.39 is 28.0 Å². The van der Waals surface area contributed by atoms with Gasteiger partial charge in [-0.25, -0.2) is 8.42 Å². The molecule has 1 heterocycles. The maximum atomic E-state index is 13.0. The second-order valence-electron chi connectivity index (χ2n) is 9.65. The van der Waals surface area contributed by atoms with Crippen molar-refractivity contribution in [1.29, 1.82) is 5.26 Å². The first kappa shape index (κ1) is 30.6. The highest BCUT2D eigenvalue weighted by Gasteiger charge is 2.36. The summed E-state index contributed by atoms with van der Waals surface area (Å²) in [5, 5.41) is 18.3. The van der Waals surface area contributed by atoms with Crippen molar-refractivity contribution in [3.8, 4) is 23.1 Å². The number of halogens is 4. The number of methoxy groups -OCH3 is 1. The third-order valence-corrected chi connectivity index (χ3v) is 8.87. The largest absolute Gasteiger partial charge is 0.496 e. The number of sulfone groups is 1. The maximum absolute atomic E-state index is 13.0. The van der Waals surface area contributed by atoms with Gasteiger partial charge in [-0.1, -0.05) is 11.6 Å². The quantitative estimate of drug-likeness (QED) is 0.407. The summed E-state index contributed by atoms with van der Waals surface area (Å²) in [6.45, 7) is 1.44. The number of amides is 1. The topological polar surface area (TPSA) is 126 Å². The van der Waals surface area contributed by atoms with E-state index in [-0.39, 0.29) is 52.0 Å². The molecule has 14 heteroatoms. The third-order valence-electron chi connectivity index (χ3n) is 6.83. The Morgan fingerprint density at radius 1 is 1.31 bits per heavy atom. The lowest BCUT2D eigenvalue weighted by atomic mass is 9.89. The lowest BCUT2D eigenvalue weighted by Gasteiger charge is -2.27. The van der Waals surface area contributed by atoms with Crippen molar-refractivity contribution in [2.45, 2.75) is 63.0 Å². The molecule has 1 fully saturated rings. The fourth-order valence-electron chi connectivity index (χ4n) is 4.55. The number of hydrogen-bond donors (Lipinski definition) is 2. The van der Waals surface area contributed by atoms with E-state index in [0.717, 1.165) is 6.92 Å². The predicted octanol–water partition coefficient (Wildman–Crippen LogP) is 4.82. The van der Waals surface area contributed by atoms with Crippen LogP contribution in [0.25, 0.3) is 11.3 Å². The SMILES string of the molecule is COc1cc(N[C@H](C)C(F)(F)F)ccc1-c1c(Cl)c(C(=O)NC[C@H]2CC[C@@H](S(C)(=O)=O)CC2)nn1CCC#N. The Kier molecular flexibility index (Phi) is 9.77. The van der Waals surface area contributed by atoms with Crippen LogP contribution in [0.15, 0.2) is 18.2 Å². The smallest absolute Gasteiger partial charge is 0.408 e. The molecule has 0 radical (unpaired) electrons. The van der Waals surface area contributed by atoms with Crippen LogP contribution in [0, 0.1) is 17.2 Å². The number of carbonyl (C=O) groups is 1. The average molecular weight is 590 g/mol. The molecule has 1 aromatic carbocycles. The van der Waals surface area contributed by atoms with Crippen LogP contribution in [0.4, 0.5) is 18.9 Å².